The van der Waals surface area contributed by atoms with Crippen molar-refractivity contribution >= 4 is 12.0 Å². The molecule has 2 aromatic rings. The zero-order chi connectivity index (χ0) is 16.5. The van der Waals surface area contributed by atoms with Crippen LogP contribution in [0.5, 0.6) is 0 Å². The van der Waals surface area contributed by atoms with Gasteiger partial charge in [0.15, 0.2) is 0 Å². The zero-order valence-electron chi connectivity index (χ0n) is 12.8. The maximum Gasteiger partial charge on any atom is 0.223 e. The van der Waals surface area contributed by atoms with Crippen molar-refractivity contribution in [2.75, 3.05) is 6.54 Å². The topological polar surface area (TPSA) is 49.3 Å². The van der Waals surface area contributed by atoms with E-state index in [1.54, 1.807) is 24.3 Å². The minimum Gasteiger partial charge on any atom is -0.392 e. The van der Waals surface area contributed by atoms with Crippen molar-refractivity contribution in [3.8, 4) is 0 Å². The number of benzene rings is 2. The van der Waals surface area contributed by atoms with Crippen LogP contribution >= 0.6 is 0 Å². The summed E-state index contributed by atoms with van der Waals surface area (Å²) in [5.74, 6) is -0.317. The molecule has 0 radical (unpaired) electrons. The van der Waals surface area contributed by atoms with Gasteiger partial charge in [-0.05, 0) is 35.2 Å². The third-order valence-electron chi connectivity index (χ3n) is 3.42. The Balaban J connectivity index is 1.69. The first-order chi connectivity index (χ1) is 11.2. The Morgan fingerprint density at radius 3 is 2.35 bits per heavy atom. The Hall–Kier alpha value is -2.46. The lowest BCUT2D eigenvalue weighted by Crippen LogP contribution is -2.24. The second kappa shape index (κ2) is 8.86. The first kappa shape index (κ1) is 16.9. The smallest absolute Gasteiger partial charge is 0.223 e. The summed E-state index contributed by atoms with van der Waals surface area (Å²) in [7, 11) is 0. The largest absolute Gasteiger partial charge is 0.392 e. The van der Waals surface area contributed by atoms with E-state index >= 15 is 0 Å². The van der Waals surface area contributed by atoms with Crippen molar-refractivity contribution in [2.45, 2.75) is 19.4 Å². The molecule has 1 amide bonds. The van der Waals surface area contributed by atoms with Crippen molar-refractivity contribution in [1.29, 1.82) is 0 Å². The molecule has 2 aromatic carbocycles. The number of aliphatic hydroxyl groups is 1. The van der Waals surface area contributed by atoms with E-state index in [0.29, 0.717) is 13.0 Å². The normalized spacial score (nSPS) is 10.9. The van der Waals surface area contributed by atoms with Gasteiger partial charge in [-0.25, -0.2) is 4.39 Å². The highest BCUT2D eigenvalue weighted by atomic mass is 19.1. The summed E-state index contributed by atoms with van der Waals surface area (Å²) in [6.07, 6.45) is 4.60. The molecule has 0 aromatic heterocycles. The Kier molecular flexibility index (Phi) is 6.51. The molecule has 0 unspecified atom stereocenters. The van der Waals surface area contributed by atoms with Crippen molar-refractivity contribution in [1.82, 2.24) is 5.32 Å². The highest BCUT2D eigenvalue weighted by Gasteiger charge is 1.99. The second-order valence-corrected chi connectivity index (χ2v) is 5.23. The monoisotopic (exact) mass is 313 g/mol. The summed E-state index contributed by atoms with van der Waals surface area (Å²) < 4.78 is 12.8. The van der Waals surface area contributed by atoms with Gasteiger partial charge >= 0.3 is 0 Å². The summed E-state index contributed by atoms with van der Waals surface area (Å²) in [5.41, 5.74) is 2.86. The van der Waals surface area contributed by atoms with E-state index in [2.05, 4.69) is 5.32 Å². The Labute approximate surface area is 135 Å². The number of hydrogen-bond donors (Lipinski definition) is 2. The fourth-order valence-corrected chi connectivity index (χ4v) is 2.11. The van der Waals surface area contributed by atoms with Gasteiger partial charge in [0.25, 0.3) is 0 Å². The average molecular weight is 313 g/mol. The molecule has 4 heteroatoms. The number of halogens is 1. The highest BCUT2D eigenvalue weighted by Crippen LogP contribution is 2.06. The number of carbonyl (C=O) groups is 1. The predicted octanol–water partition coefficient (Wildman–Crippen LogP) is 3.08. The Morgan fingerprint density at radius 1 is 1.04 bits per heavy atom. The molecule has 23 heavy (non-hydrogen) atoms. The van der Waals surface area contributed by atoms with E-state index in [-0.39, 0.29) is 18.3 Å². The van der Waals surface area contributed by atoms with E-state index in [1.807, 2.05) is 24.3 Å². The third-order valence-corrected chi connectivity index (χ3v) is 3.42. The van der Waals surface area contributed by atoms with Crippen LogP contribution in [0.1, 0.15) is 23.1 Å². The van der Waals surface area contributed by atoms with Crippen molar-refractivity contribution < 1.29 is 14.3 Å². The molecule has 0 saturated heterocycles. The molecule has 0 aliphatic heterocycles. The average Bonchev–Trinajstić information content (AvgIpc) is 2.57. The van der Waals surface area contributed by atoms with Crippen LogP contribution in [0.25, 0.3) is 6.08 Å². The number of nitrogens with one attached hydrogen (secondary N) is 1. The minimum absolute atomic E-state index is 0.0391. The molecule has 2 N–H and O–H groups in total. The zero-order valence-corrected chi connectivity index (χ0v) is 12.8. The van der Waals surface area contributed by atoms with Gasteiger partial charge < -0.3 is 10.4 Å². The summed E-state index contributed by atoms with van der Waals surface area (Å²) in [6.45, 7) is 0.610. The minimum atomic E-state index is -0.271. The van der Waals surface area contributed by atoms with Gasteiger partial charge in [0.1, 0.15) is 5.82 Å². The molecule has 0 bridgehead atoms. The number of amides is 1. The standard InChI is InChI=1S/C19H20FNO2/c20-18-10-8-15(9-11-18)2-1-3-19(23)21-13-12-16-4-6-17(14-22)7-5-16/h1-2,4-11,22H,3,12-14H2,(H,21,23)/b2-1+. The van der Waals surface area contributed by atoms with Crippen LogP contribution in [0.2, 0.25) is 0 Å². The van der Waals surface area contributed by atoms with Crippen LogP contribution in [-0.4, -0.2) is 17.6 Å². The van der Waals surface area contributed by atoms with E-state index in [4.69, 9.17) is 5.11 Å². The van der Waals surface area contributed by atoms with Crippen molar-refractivity contribution in [3.05, 3.63) is 77.1 Å². The molecule has 3 nitrogen and oxygen atoms in total. The fourth-order valence-electron chi connectivity index (χ4n) is 2.11. The summed E-state index contributed by atoms with van der Waals surface area (Å²) in [4.78, 5) is 11.7. The van der Waals surface area contributed by atoms with Gasteiger partial charge in [0.05, 0.1) is 6.61 Å². The van der Waals surface area contributed by atoms with Crippen LogP contribution in [-0.2, 0) is 17.8 Å². The second-order valence-electron chi connectivity index (χ2n) is 5.23. The molecule has 0 fully saturated rings. The molecule has 0 saturated carbocycles. The Bertz CT molecular complexity index is 648. The third kappa shape index (κ3) is 6.04. The van der Waals surface area contributed by atoms with Crippen molar-refractivity contribution in [3.63, 3.8) is 0 Å². The summed E-state index contributed by atoms with van der Waals surface area (Å²) in [6, 6.07) is 13.8. The summed E-state index contributed by atoms with van der Waals surface area (Å²) in [5, 5.41) is 11.8. The lowest BCUT2D eigenvalue weighted by atomic mass is 10.1. The first-order valence-corrected chi connectivity index (χ1v) is 7.55. The SMILES string of the molecule is O=C(C/C=C/c1ccc(F)cc1)NCCc1ccc(CO)cc1. The fraction of sp³-hybridized carbons (Fsp3) is 0.211. The molecular weight excluding hydrogens is 293 g/mol. The Morgan fingerprint density at radius 2 is 1.70 bits per heavy atom. The van der Waals surface area contributed by atoms with E-state index in [0.717, 1.165) is 23.1 Å². The lowest BCUT2D eigenvalue weighted by molar-refractivity contribution is -0.120. The van der Waals surface area contributed by atoms with Crippen LogP contribution in [0.15, 0.2) is 54.6 Å². The van der Waals surface area contributed by atoms with Gasteiger partial charge in [0, 0.05) is 13.0 Å². The summed E-state index contributed by atoms with van der Waals surface area (Å²) >= 11 is 0. The predicted molar refractivity (Wildman–Crippen MR) is 89.1 cm³/mol. The van der Waals surface area contributed by atoms with Gasteiger partial charge in [-0.15, -0.1) is 0 Å². The van der Waals surface area contributed by atoms with Gasteiger partial charge in [0.2, 0.25) is 5.91 Å². The van der Waals surface area contributed by atoms with Crippen molar-refractivity contribution in [2.24, 2.45) is 0 Å². The van der Waals surface area contributed by atoms with Crippen LogP contribution in [0.3, 0.4) is 0 Å². The number of carbonyl (C=O) groups excluding carboxylic acids is 1. The molecule has 120 valence electrons. The van der Waals surface area contributed by atoms with Crippen LogP contribution in [0.4, 0.5) is 4.39 Å². The molecule has 0 heterocycles. The number of hydrogen-bond acceptors (Lipinski definition) is 2. The number of aliphatic hydroxyl groups excluding tert-OH is 1. The molecule has 0 aliphatic rings. The van der Waals surface area contributed by atoms with E-state index < -0.39 is 0 Å². The van der Waals surface area contributed by atoms with E-state index in [1.165, 1.54) is 12.1 Å². The quantitative estimate of drug-likeness (QED) is 0.825. The number of rotatable bonds is 7. The maximum atomic E-state index is 12.8. The van der Waals surface area contributed by atoms with Gasteiger partial charge in [-0.1, -0.05) is 48.6 Å². The van der Waals surface area contributed by atoms with Gasteiger partial charge in [-0.3, -0.25) is 4.79 Å². The molecule has 0 spiro atoms. The molecule has 0 aliphatic carbocycles. The molecular formula is C19H20FNO2. The molecule has 0 atom stereocenters. The maximum absolute atomic E-state index is 12.8. The van der Waals surface area contributed by atoms with E-state index in [9.17, 15) is 9.18 Å². The van der Waals surface area contributed by atoms with Crippen LogP contribution in [0, 0.1) is 5.82 Å². The van der Waals surface area contributed by atoms with Gasteiger partial charge in [-0.2, -0.15) is 0 Å². The lowest BCUT2D eigenvalue weighted by Gasteiger charge is -2.04. The molecule has 2 rings (SSSR count). The van der Waals surface area contributed by atoms with Crippen LogP contribution < -0.4 is 5.32 Å². The first-order valence-electron chi connectivity index (χ1n) is 7.55. The highest BCUT2D eigenvalue weighted by molar-refractivity contribution is 5.78.